The van der Waals surface area contributed by atoms with Gasteiger partial charge in [0.15, 0.2) is 12.7 Å². The van der Waals surface area contributed by atoms with Gasteiger partial charge in [0, 0.05) is 0 Å². The normalized spacial score (nSPS) is 9.12. The lowest BCUT2D eigenvalue weighted by Gasteiger charge is -1.96. The molecule has 1 aromatic heterocycles. The standard InChI is InChI=1S/C4H7N3O/c1-2-8-7-3-5-6-4-7/h3-4H,2H2,1H3. The fourth-order valence-electron chi connectivity index (χ4n) is 0.407. The summed E-state index contributed by atoms with van der Waals surface area (Å²) in [7, 11) is 0. The van der Waals surface area contributed by atoms with Gasteiger partial charge in [-0.1, -0.05) is 0 Å². The Morgan fingerprint density at radius 3 is 2.62 bits per heavy atom. The van der Waals surface area contributed by atoms with Gasteiger partial charge in [-0.2, -0.15) is 4.73 Å². The Labute approximate surface area is 47.1 Å². The Balaban J connectivity index is 2.50. The van der Waals surface area contributed by atoms with Crippen molar-refractivity contribution in [3.8, 4) is 0 Å². The van der Waals surface area contributed by atoms with E-state index in [2.05, 4.69) is 10.2 Å². The molecule has 0 aliphatic heterocycles. The lowest BCUT2D eigenvalue weighted by atomic mass is 10.9. The molecule has 1 rings (SSSR count). The highest BCUT2D eigenvalue weighted by molar-refractivity contribution is 4.50. The minimum absolute atomic E-state index is 0.637. The van der Waals surface area contributed by atoms with Gasteiger partial charge in [0.1, 0.15) is 6.61 Å². The average molecular weight is 113 g/mol. The molecular formula is C4H7N3O. The first-order chi connectivity index (χ1) is 3.93. The van der Waals surface area contributed by atoms with Crippen LogP contribution in [-0.2, 0) is 0 Å². The van der Waals surface area contributed by atoms with Crippen LogP contribution in [0.15, 0.2) is 12.7 Å². The van der Waals surface area contributed by atoms with E-state index in [0.717, 1.165) is 0 Å². The van der Waals surface area contributed by atoms with E-state index in [4.69, 9.17) is 4.84 Å². The third-order valence-electron chi connectivity index (χ3n) is 0.676. The molecule has 0 aromatic carbocycles. The molecule has 0 amide bonds. The molecule has 44 valence electrons. The van der Waals surface area contributed by atoms with E-state index >= 15 is 0 Å². The molecule has 0 fully saturated rings. The van der Waals surface area contributed by atoms with Crippen LogP contribution < -0.4 is 4.84 Å². The minimum atomic E-state index is 0.637. The molecule has 1 aromatic rings. The van der Waals surface area contributed by atoms with Crippen molar-refractivity contribution in [3.05, 3.63) is 12.7 Å². The molecule has 0 aliphatic carbocycles. The number of hydrogen-bond donors (Lipinski definition) is 0. The zero-order chi connectivity index (χ0) is 5.82. The number of rotatable bonds is 2. The maximum atomic E-state index is 4.94. The molecule has 0 saturated carbocycles. The van der Waals surface area contributed by atoms with Crippen LogP contribution in [0.1, 0.15) is 6.92 Å². The molecule has 4 heteroatoms. The Morgan fingerprint density at radius 1 is 1.50 bits per heavy atom. The Kier molecular flexibility index (Phi) is 1.46. The third kappa shape index (κ3) is 0.959. The first-order valence-corrected chi connectivity index (χ1v) is 2.41. The van der Waals surface area contributed by atoms with E-state index in [0.29, 0.717) is 6.61 Å². The van der Waals surface area contributed by atoms with Gasteiger partial charge in [-0.3, -0.25) is 0 Å². The van der Waals surface area contributed by atoms with Crippen LogP contribution in [0.5, 0.6) is 0 Å². The average Bonchev–Trinajstić information content (AvgIpc) is 2.19. The van der Waals surface area contributed by atoms with Crippen molar-refractivity contribution in [2.75, 3.05) is 6.61 Å². The van der Waals surface area contributed by atoms with Crippen molar-refractivity contribution < 1.29 is 4.84 Å². The summed E-state index contributed by atoms with van der Waals surface area (Å²) in [6.45, 7) is 2.54. The molecule has 4 nitrogen and oxygen atoms in total. The topological polar surface area (TPSA) is 39.9 Å². The van der Waals surface area contributed by atoms with E-state index in [1.165, 1.54) is 17.4 Å². The predicted molar refractivity (Wildman–Crippen MR) is 27.1 cm³/mol. The van der Waals surface area contributed by atoms with Crippen molar-refractivity contribution in [2.45, 2.75) is 6.92 Å². The van der Waals surface area contributed by atoms with Gasteiger partial charge in [-0.15, -0.1) is 10.2 Å². The van der Waals surface area contributed by atoms with Crippen molar-refractivity contribution in [1.82, 2.24) is 14.9 Å². The second kappa shape index (κ2) is 2.30. The number of nitrogens with zero attached hydrogens (tertiary/aromatic N) is 3. The first kappa shape index (κ1) is 5.08. The van der Waals surface area contributed by atoms with Crippen molar-refractivity contribution in [3.63, 3.8) is 0 Å². The fraction of sp³-hybridized carbons (Fsp3) is 0.500. The molecule has 0 N–H and O–H groups in total. The summed E-state index contributed by atoms with van der Waals surface area (Å²) in [5.41, 5.74) is 0. The zero-order valence-corrected chi connectivity index (χ0v) is 4.61. The van der Waals surface area contributed by atoms with E-state index in [1.807, 2.05) is 6.92 Å². The van der Waals surface area contributed by atoms with Gasteiger partial charge in [-0.25, -0.2) is 0 Å². The van der Waals surface area contributed by atoms with Crippen LogP contribution >= 0.6 is 0 Å². The lowest BCUT2D eigenvalue weighted by molar-refractivity contribution is 0.120. The van der Waals surface area contributed by atoms with Gasteiger partial charge in [0.05, 0.1) is 0 Å². The summed E-state index contributed by atoms with van der Waals surface area (Å²) >= 11 is 0. The molecule has 0 spiro atoms. The van der Waals surface area contributed by atoms with Gasteiger partial charge in [0.2, 0.25) is 0 Å². The quantitative estimate of drug-likeness (QED) is 0.530. The summed E-state index contributed by atoms with van der Waals surface area (Å²) in [5.74, 6) is 0. The van der Waals surface area contributed by atoms with Gasteiger partial charge in [0.25, 0.3) is 0 Å². The summed E-state index contributed by atoms with van der Waals surface area (Å²) < 4.78 is 1.46. The maximum Gasteiger partial charge on any atom is 0.156 e. The smallest absolute Gasteiger partial charge is 0.156 e. The highest BCUT2D eigenvalue weighted by atomic mass is 16.7. The molecule has 0 atom stereocenters. The largest absolute Gasteiger partial charge is 0.412 e. The summed E-state index contributed by atoms with van der Waals surface area (Å²) in [4.78, 5) is 4.94. The summed E-state index contributed by atoms with van der Waals surface area (Å²) in [6.07, 6.45) is 3.01. The van der Waals surface area contributed by atoms with Crippen LogP contribution in [-0.4, -0.2) is 21.5 Å². The molecule has 0 radical (unpaired) electrons. The van der Waals surface area contributed by atoms with E-state index in [-0.39, 0.29) is 0 Å². The van der Waals surface area contributed by atoms with Gasteiger partial charge in [-0.05, 0) is 6.92 Å². The molecule has 1 heterocycles. The highest BCUT2D eigenvalue weighted by Gasteiger charge is 1.82. The molecule has 0 unspecified atom stereocenters. The Bertz CT molecular complexity index is 137. The SMILES string of the molecule is CCOn1cnnc1. The molecule has 0 bridgehead atoms. The zero-order valence-electron chi connectivity index (χ0n) is 4.61. The maximum absolute atomic E-state index is 4.94. The third-order valence-corrected chi connectivity index (χ3v) is 0.676. The molecule has 0 saturated heterocycles. The van der Waals surface area contributed by atoms with E-state index in [1.54, 1.807) is 0 Å². The molecular weight excluding hydrogens is 106 g/mol. The van der Waals surface area contributed by atoms with Crippen LogP contribution in [0.4, 0.5) is 0 Å². The lowest BCUT2D eigenvalue weighted by Crippen LogP contribution is -2.07. The van der Waals surface area contributed by atoms with E-state index in [9.17, 15) is 0 Å². The summed E-state index contributed by atoms with van der Waals surface area (Å²) in [6, 6.07) is 0. The van der Waals surface area contributed by atoms with Crippen molar-refractivity contribution >= 4 is 0 Å². The Hall–Kier alpha value is -1.06. The van der Waals surface area contributed by atoms with Crippen LogP contribution in [0.2, 0.25) is 0 Å². The second-order valence-electron chi connectivity index (χ2n) is 1.24. The molecule has 8 heavy (non-hydrogen) atoms. The van der Waals surface area contributed by atoms with Gasteiger partial charge < -0.3 is 4.84 Å². The van der Waals surface area contributed by atoms with Gasteiger partial charge >= 0.3 is 0 Å². The number of hydrogen-bond acceptors (Lipinski definition) is 3. The second-order valence-corrected chi connectivity index (χ2v) is 1.24. The molecule has 0 aliphatic rings. The summed E-state index contributed by atoms with van der Waals surface area (Å²) in [5, 5.41) is 7.06. The van der Waals surface area contributed by atoms with Crippen LogP contribution in [0.25, 0.3) is 0 Å². The Morgan fingerprint density at radius 2 is 2.12 bits per heavy atom. The number of aromatic nitrogens is 3. The fourth-order valence-corrected chi connectivity index (χ4v) is 0.407. The monoisotopic (exact) mass is 113 g/mol. The highest BCUT2D eigenvalue weighted by Crippen LogP contribution is 1.72. The van der Waals surface area contributed by atoms with Crippen LogP contribution in [0, 0.1) is 0 Å². The minimum Gasteiger partial charge on any atom is -0.412 e. The first-order valence-electron chi connectivity index (χ1n) is 2.41. The van der Waals surface area contributed by atoms with Crippen molar-refractivity contribution in [2.24, 2.45) is 0 Å². The predicted octanol–water partition coefficient (Wildman–Crippen LogP) is -0.273. The van der Waals surface area contributed by atoms with Crippen molar-refractivity contribution in [1.29, 1.82) is 0 Å². The van der Waals surface area contributed by atoms with Crippen LogP contribution in [0.3, 0.4) is 0 Å². The van der Waals surface area contributed by atoms with E-state index < -0.39 is 0 Å².